The lowest BCUT2D eigenvalue weighted by atomic mass is 10.4. The lowest BCUT2D eigenvalue weighted by Crippen LogP contribution is -2.10. The van der Waals surface area contributed by atoms with E-state index < -0.39 is 16.4 Å². The molecule has 0 spiro atoms. The summed E-state index contributed by atoms with van der Waals surface area (Å²) in [4.78, 5) is 0. The average molecular weight is 231 g/mol. The van der Waals surface area contributed by atoms with Crippen LogP contribution in [0.3, 0.4) is 0 Å². The Morgan fingerprint density at radius 2 is 1.18 bits per heavy atom. The summed E-state index contributed by atoms with van der Waals surface area (Å²) < 4.78 is 31.8. The number of halogens is 6. The largest absolute Gasteiger partial charge is 0.273 e. The third-order valence-corrected chi connectivity index (χ3v) is 0.235. The van der Waals surface area contributed by atoms with Gasteiger partial charge in [-0.15, -0.1) is 0 Å². The molecule has 0 aliphatic carbocycles. The predicted octanol–water partition coefficient (Wildman–Crippen LogP) is 3.99. The van der Waals surface area contributed by atoms with Crippen LogP contribution in [0, 0.1) is 0 Å². The van der Waals surface area contributed by atoms with Crippen LogP contribution in [-0.4, -0.2) is 16.4 Å². The Labute approximate surface area is 78.6 Å². The van der Waals surface area contributed by atoms with Gasteiger partial charge in [0, 0.05) is 6.92 Å². The number of rotatable bonds is 1. The summed E-state index contributed by atoms with van der Waals surface area (Å²) in [5.74, 6) is -3.12. The number of hydrogen-bond donors (Lipinski definition) is 0. The zero-order valence-corrected chi connectivity index (χ0v) is 8.24. The highest BCUT2D eigenvalue weighted by atomic mass is 35.6. The van der Waals surface area contributed by atoms with Crippen LogP contribution in [0.2, 0.25) is 0 Å². The zero-order chi connectivity index (χ0) is 9.71. The SMILES string of the molecule is CC(Cl)(Cl)Cl.CC(F)(F)CF. The average Bonchev–Trinajstić information content (AvgIpc) is 1.59. The maximum Gasteiger partial charge on any atom is 0.273 e. The zero-order valence-electron chi connectivity index (χ0n) is 5.97. The topological polar surface area (TPSA) is 0 Å². The lowest BCUT2D eigenvalue weighted by molar-refractivity contribution is -0.00294. The highest BCUT2D eigenvalue weighted by Crippen LogP contribution is 2.23. The van der Waals surface area contributed by atoms with Gasteiger partial charge in [0.1, 0.15) is 0 Å². The van der Waals surface area contributed by atoms with Gasteiger partial charge in [-0.2, -0.15) is 0 Å². The van der Waals surface area contributed by atoms with Crippen LogP contribution in [0.1, 0.15) is 13.8 Å². The van der Waals surface area contributed by atoms with Crippen molar-refractivity contribution in [1.82, 2.24) is 0 Å². The molecule has 0 heterocycles. The molecule has 0 unspecified atom stereocenters. The van der Waals surface area contributed by atoms with Crippen LogP contribution >= 0.6 is 34.8 Å². The summed E-state index contributed by atoms with van der Waals surface area (Å²) in [5.41, 5.74) is 0. The summed E-state index contributed by atoms with van der Waals surface area (Å²) in [6, 6.07) is 0. The van der Waals surface area contributed by atoms with Gasteiger partial charge >= 0.3 is 0 Å². The molecule has 0 fully saturated rings. The maximum atomic E-state index is 11.1. The van der Waals surface area contributed by atoms with Gasteiger partial charge in [-0.05, 0) is 6.92 Å². The van der Waals surface area contributed by atoms with Gasteiger partial charge in [0.05, 0.1) is 0 Å². The van der Waals surface area contributed by atoms with E-state index in [-0.39, 0.29) is 0 Å². The van der Waals surface area contributed by atoms with Crippen molar-refractivity contribution in [3.05, 3.63) is 0 Å². The van der Waals surface area contributed by atoms with Gasteiger partial charge in [-0.1, -0.05) is 34.8 Å². The Morgan fingerprint density at radius 3 is 1.18 bits per heavy atom. The molecule has 0 aromatic carbocycles. The molecule has 0 aromatic heterocycles. The van der Waals surface area contributed by atoms with Crippen molar-refractivity contribution in [2.75, 3.05) is 6.67 Å². The van der Waals surface area contributed by atoms with Gasteiger partial charge in [0.2, 0.25) is 0 Å². The Hall–Kier alpha value is 0.660. The molecule has 0 rings (SSSR count). The van der Waals surface area contributed by atoms with Crippen LogP contribution in [-0.2, 0) is 0 Å². The Balaban J connectivity index is 0. The minimum atomic E-state index is -3.12. The van der Waals surface area contributed by atoms with Crippen molar-refractivity contribution < 1.29 is 13.2 Å². The second-order valence-electron chi connectivity index (χ2n) is 1.99. The first kappa shape index (κ1) is 14.2. The van der Waals surface area contributed by atoms with Gasteiger partial charge in [-0.25, -0.2) is 13.2 Å². The smallest absolute Gasteiger partial charge is 0.245 e. The third-order valence-electron chi connectivity index (χ3n) is 0.235. The van der Waals surface area contributed by atoms with Crippen molar-refractivity contribution in [3.63, 3.8) is 0 Å². The van der Waals surface area contributed by atoms with Crippen molar-refractivity contribution in [1.29, 1.82) is 0 Å². The molecule has 0 nitrogen and oxygen atoms in total. The Kier molecular flexibility index (Phi) is 6.88. The van der Waals surface area contributed by atoms with Crippen LogP contribution < -0.4 is 0 Å². The van der Waals surface area contributed by atoms with Gasteiger partial charge < -0.3 is 0 Å². The maximum absolute atomic E-state index is 11.1. The summed E-state index contributed by atoms with van der Waals surface area (Å²) in [6.45, 7) is 0.456. The molecule has 0 atom stereocenters. The van der Waals surface area contributed by atoms with E-state index in [1.54, 1.807) is 0 Å². The molecule has 0 aromatic rings. The van der Waals surface area contributed by atoms with E-state index in [0.717, 1.165) is 0 Å². The summed E-state index contributed by atoms with van der Waals surface area (Å²) in [5, 5.41) is 0. The molecular weight excluding hydrogens is 223 g/mol. The molecule has 70 valence electrons. The fraction of sp³-hybridized carbons (Fsp3) is 1.00. The van der Waals surface area contributed by atoms with E-state index >= 15 is 0 Å². The van der Waals surface area contributed by atoms with E-state index in [1.807, 2.05) is 0 Å². The summed E-state index contributed by atoms with van der Waals surface area (Å²) in [7, 11) is 0. The van der Waals surface area contributed by atoms with Crippen LogP contribution in [0.5, 0.6) is 0 Å². The first-order valence-corrected chi connectivity index (χ1v) is 3.70. The van der Waals surface area contributed by atoms with E-state index in [1.165, 1.54) is 6.92 Å². The molecule has 11 heavy (non-hydrogen) atoms. The first-order valence-electron chi connectivity index (χ1n) is 2.57. The highest BCUT2D eigenvalue weighted by molar-refractivity contribution is 6.67. The predicted molar refractivity (Wildman–Crippen MR) is 42.6 cm³/mol. The molecular formula is C5H8Cl3F3. The molecule has 0 N–H and O–H groups in total. The van der Waals surface area contributed by atoms with Crippen LogP contribution in [0.15, 0.2) is 0 Å². The Bertz CT molecular complexity index is 88.1. The van der Waals surface area contributed by atoms with Gasteiger partial charge in [0.15, 0.2) is 10.5 Å². The molecule has 0 aliphatic heterocycles. The van der Waals surface area contributed by atoms with Crippen LogP contribution in [0.4, 0.5) is 13.2 Å². The van der Waals surface area contributed by atoms with E-state index in [0.29, 0.717) is 6.92 Å². The standard InChI is InChI=1S/C3H5F3.C2H3Cl3/c1-3(5,6)2-4;1-2(3,4)5/h2H2,1H3;1H3. The molecule has 0 saturated carbocycles. The van der Waals surface area contributed by atoms with Crippen molar-refractivity contribution in [2.45, 2.75) is 23.6 Å². The van der Waals surface area contributed by atoms with E-state index in [4.69, 9.17) is 34.8 Å². The minimum absolute atomic E-state index is 0.535. The summed E-state index contributed by atoms with van der Waals surface area (Å²) in [6.07, 6.45) is 0. The van der Waals surface area contributed by atoms with Crippen molar-refractivity contribution >= 4 is 34.8 Å². The quantitative estimate of drug-likeness (QED) is 0.599. The van der Waals surface area contributed by atoms with E-state index in [9.17, 15) is 13.2 Å². The van der Waals surface area contributed by atoms with Crippen molar-refractivity contribution in [2.24, 2.45) is 0 Å². The minimum Gasteiger partial charge on any atom is -0.245 e. The fourth-order valence-corrected chi connectivity index (χ4v) is 0. The highest BCUT2D eigenvalue weighted by Gasteiger charge is 2.19. The molecule has 0 amide bonds. The first-order chi connectivity index (χ1) is 4.56. The van der Waals surface area contributed by atoms with Gasteiger partial charge in [0.25, 0.3) is 5.92 Å². The second-order valence-corrected chi connectivity index (χ2v) is 4.83. The number of alkyl halides is 6. The monoisotopic (exact) mass is 230 g/mol. The van der Waals surface area contributed by atoms with Gasteiger partial charge in [-0.3, -0.25) is 0 Å². The lowest BCUT2D eigenvalue weighted by Gasteiger charge is -1.99. The third kappa shape index (κ3) is 59.7. The molecule has 0 bridgehead atoms. The Morgan fingerprint density at radius 1 is 1.09 bits per heavy atom. The molecule has 6 heteroatoms. The molecule has 0 aliphatic rings. The molecule has 0 radical (unpaired) electrons. The molecule has 0 saturated heterocycles. The van der Waals surface area contributed by atoms with E-state index in [2.05, 4.69) is 0 Å². The number of hydrogen-bond acceptors (Lipinski definition) is 0. The van der Waals surface area contributed by atoms with Crippen molar-refractivity contribution in [3.8, 4) is 0 Å². The summed E-state index contributed by atoms with van der Waals surface area (Å²) >= 11 is 15.2. The fourth-order valence-electron chi connectivity index (χ4n) is 0. The normalized spacial score (nSPS) is 12.0. The second kappa shape index (κ2) is 5.33. The van der Waals surface area contributed by atoms with Crippen LogP contribution in [0.25, 0.3) is 0 Å².